The third kappa shape index (κ3) is 3.62. The highest BCUT2D eigenvalue weighted by molar-refractivity contribution is 5.91. The maximum absolute atomic E-state index is 12.8. The van der Waals surface area contributed by atoms with Crippen molar-refractivity contribution in [3.63, 3.8) is 0 Å². The molecule has 2 atom stereocenters. The van der Waals surface area contributed by atoms with Crippen LogP contribution in [-0.2, 0) is 0 Å². The molecule has 1 aliphatic heterocycles. The summed E-state index contributed by atoms with van der Waals surface area (Å²) < 4.78 is 2.11. The second-order valence-corrected chi connectivity index (χ2v) is 7.06. The zero-order chi connectivity index (χ0) is 18.0. The van der Waals surface area contributed by atoms with Crippen LogP contribution in [0.4, 0.5) is 16.2 Å². The first-order valence-electron chi connectivity index (χ1n) is 8.77. The molecule has 2 aromatic rings. The molecule has 6 nitrogen and oxygen atoms in total. The van der Waals surface area contributed by atoms with Crippen LogP contribution in [0.1, 0.15) is 24.9 Å². The van der Waals surface area contributed by atoms with Gasteiger partial charge in [-0.3, -0.25) is 0 Å². The van der Waals surface area contributed by atoms with E-state index < -0.39 is 0 Å². The Labute approximate surface area is 149 Å². The number of carbonyl (C=O) groups is 1. The number of anilines is 2. The molecular weight excluding hydrogens is 314 g/mol. The molecule has 0 aliphatic carbocycles. The Bertz CT molecular complexity index is 725. The molecule has 0 saturated carbocycles. The molecule has 1 N–H and O–H groups in total. The van der Waals surface area contributed by atoms with Gasteiger partial charge in [0, 0.05) is 51.0 Å². The lowest BCUT2D eigenvalue weighted by Gasteiger charge is -2.37. The summed E-state index contributed by atoms with van der Waals surface area (Å²) in [5, 5.41) is 3.09. The molecule has 2 amide bonds. The minimum atomic E-state index is -0.0315. The first kappa shape index (κ1) is 17.3. The van der Waals surface area contributed by atoms with Gasteiger partial charge in [0.25, 0.3) is 0 Å². The number of aromatic nitrogens is 2. The number of nitrogens with zero attached hydrogens (tertiary/aromatic N) is 4. The number of hydrogen-bond acceptors (Lipinski definition) is 3. The highest BCUT2D eigenvalue weighted by atomic mass is 16.2. The quantitative estimate of drug-likeness (QED) is 0.931. The van der Waals surface area contributed by atoms with Crippen LogP contribution in [0.5, 0.6) is 0 Å². The number of amides is 2. The molecule has 1 aromatic carbocycles. The van der Waals surface area contributed by atoms with Gasteiger partial charge in [0.2, 0.25) is 0 Å². The molecule has 0 unspecified atom stereocenters. The summed E-state index contributed by atoms with van der Waals surface area (Å²) in [6, 6.07) is 6.24. The maximum Gasteiger partial charge on any atom is 0.321 e. The Morgan fingerprint density at radius 2 is 2.16 bits per heavy atom. The van der Waals surface area contributed by atoms with Crippen molar-refractivity contribution in [3.05, 3.63) is 42.5 Å². The number of hydrogen-bond donors (Lipinski definition) is 1. The van der Waals surface area contributed by atoms with Crippen LogP contribution in [0.15, 0.2) is 36.9 Å². The average molecular weight is 341 g/mol. The van der Waals surface area contributed by atoms with E-state index in [1.165, 1.54) is 0 Å². The number of piperidine rings is 1. The summed E-state index contributed by atoms with van der Waals surface area (Å²) >= 11 is 0. The van der Waals surface area contributed by atoms with Gasteiger partial charge >= 0.3 is 6.03 Å². The molecule has 2 heterocycles. The van der Waals surface area contributed by atoms with Gasteiger partial charge in [-0.1, -0.05) is 13.0 Å². The molecule has 1 aliphatic rings. The Balaban J connectivity index is 1.72. The van der Waals surface area contributed by atoms with Crippen molar-refractivity contribution in [2.24, 2.45) is 5.92 Å². The van der Waals surface area contributed by atoms with Gasteiger partial charge in [-0.05, 0) is 37.0 Å². The van der Waals surface area contributed by atoms with Crippen molar-refractivity contribution in [2.75, 3.05) is 37.4 Å². The van der Waals surface area contributed by atoms with Gasteiger partial charge in [0.05, 0.1) is 12.4 Å². The first-order valence-corrected chi connectivity index (χ1v) is 8.77. The normalized spacial score (nSPS) is 20.4. The highest BCUT2D eigenvalue weighted by Gasteiger charge is 2.30. The minimum Gasteiger partial charge on any atom is -0.377 e. The summed E-state index contributed by atoms with van der Waals surface area (Å²) in [5.41, 5.74) is 3.06. The van der Waals surface area contributed by atoms with Crippen LogP contribution in [0, 0.1) is 12.8 Å². The van der Waals surface area contributed by atoms with E-state index in [-0.39, 0.29) is 12.1 Å². The van der Waals surface area contributed by atoms with Gasteiger partial charge in [-0.25, -0.2) is 9.78 Å². The van der Waals surface area contributed by atoms with Crippen molar-refractivity contribution >= 4 is 17.4 Å². The molecule has 1 saturated heterocycles. The molecule has 1 aromatic heterocycles. The number of rotatable bonds is 3. The van der Waals surface area contributed by atoms with E-state index in [1.807, 2.05) is 50.6 Å². The zero-order valence-electron chi connectivity index (χ0n) is 15.4. The first-order chi connectivity index (χ1) is 12.0. The van der Waals surface area contributed by atoms with E-state index in [2.05, 4.69) is 32.8 Å². The number of likely N-dealkylation sites (tertiary alicyclic amines) is 1. The molecule has 0 bridgehead atoms. The molecule has 6 heteroatoms. The molecule has 0 radical (unpaired) electrons. The number of carbonyl (C=O) groups excluding carboxylic acids is 1. The number of imidazole rings is 1. The summed E-state index contributed by atoms with van der Waals surface area (Å²) in [5.74, 6) is 0.525. The van der Waals surface area contributed by atoms with Crippen LogP contribution in [-0.4, -0.2) is 47.7 Å². The second-order valence-electron chi connectivity index (χ2n) is 7.06. The van der Waals surface area contributed by atoms with E-state index in [4.69, 9.17) is 0 Å². The summed E-state index contributed by atoms with van der Waals surface area (Å²) in [4.78, 5) is 20.9. The maximum atomic E-state index is 12.8. The predicted octanol–water partition coefficient (Wildman–Crippen LogP) is 3.37. The third-order valence-electron chi connectivity index (χ3n) is 5.14. The van der Waals surface area contributed by atoms with Gasteiger partial charge in [0.15, 0.2) is 0 Å². The molecule has 1 fully saturated rings. The van der Waals surface area contributed by atoms with E-state index in [0.717, 1.165) is 29.9 Å². The standard InChI is InChI=1S/C19H27N5O/c1-14-8-10-23(12-18(14)24-11-9-20-13-24)19(25)21-16-6-5-7-17(15(16)2)22(3)4/h5-7,9,11,13-14,18H,8,10,12H2,1-4H3,(H,21,25)/t14-,18-/m0/s1. The lowest BCUT2D eigenvalue weighted by atomic mass is 9.93. The molecule has 0 spiro atoms. The molecule has 3 rings (SSSR count). The second kappa shape index (κ2) is 7.17. The smallest absolute Gasteiger partial charge is 0.321 e. The Morgan fingerprint density at radius 3 is 2.84 bits per heavy atom. The van der Waals surface area contributed by atoms with Crippen LogP contribution in [0.25, 0.3) is 0 Å². The SMILES string of the molecule is Cc1c(NC(=O)N2CC[C@H](C)[C@@H](n3ccnc3)C2)cccc1N(C)C. The summed E-state index contributed by atoms with van der Waals surface area (Å²) in [6.07, 6.45) is 6.61. The minimum absolute atomic E-state index is 0.0315. The van der Waals surface area contributed by atoms with Crippen molar-refractivity contribution in [1.29, 1.82) is 0 Å². The van der Waals surface area contributed by atoms with Gasteiger partial charge in [-0.15, -0.1) is 0 Å². The lowest BCUT2D eigenvalue weighted by Crippen LogP contribution is -2.45. The Morgan fingerprint density at radius 1 is 1.36 bits per heavy atom. The van der Waals surface area contributed by atoms with Crippen molar-refractivity contribution in [1.82, 2.24) is 14.5 Å². The van der Waals surface area contributed by atoms with E-state index in [9.17, 15) is 4.79 Å². The topological polar surface area (TPSA) is 53.4 Å². The van der Waals surface area contributed by atoms with Crippen molar-refractivity contribution < 1.29 is 4.79 Å². The largest absolute Gasteiger partial charge is 0.377 e. The fourth-order valence-corrected chi connectivity index (χ4v) is 3.52. The number of urea groups is 1. The number of benzene rings is 1. The fraction of sp³-hybridized carbons (Fsp3) is 0.474. The van der Waals surface area contributed by atoms with Crippen LogP contribution in [0.3, 0.4) is 0 Å². The summed E-state index contributed by atoms with van der Waals surface area (Å²) in [7, 11) is 4.02. The lowest BCUT2D eigenvalue weighted by molar-refractivity contribution is 0.149. The van der Waals surface area contributed by atoms with Crippen molar-refractivity contribution in [3.8, 4) is 0 Å². The van der Waals surface area contributed by atoms with Gasteiger partial charge in [0.1, 0.15) is 0 Å². The van der Waals surface area contributed by atoms with Crippen molar-refractivity contribution in [2.45, 2.75) is 26.3 Å². The van der Waals surface area contributed by atoms with E-state index >= 15 is 0 Å². The van der Waals surface area contributed by atoms with Gasteiger partial charge < -0.3 is 19.7 Å². The monoisotopic (exact) mass is 341 g/mol. The fourth-order valence-electron chi connectivity index (χ4n) is 3.52. The van der Waals surface area contributed by atoms with Crippen LogP contribution < -0.4 is 10.2 Å². The summed E-state index contributed by atoms with van der Waals surface area (Å²) in [6.45, 7) is 5.77. The molecular formula is C19H27N5O. The Hall–Kier alpha value is -2.50. The van der Waals surface area contributed by atoms with E-state index in [1.54, 1.807) is 6.20 Å². The van der Waals surface area contributed by atoms with Gasteiger partial charge in [-0.2, -0.15) is 0 Å². The zero-order valence-corrected chi connectivity index (χ0v) is 15.4. The Kier molecular flexibility index (Phi) is 4.97. The number of nitrogens with one attached hydrogen (secondary N) is 1. The third-order valence-corrected chi connectivity index (χ3v) is 5.14. The molecule has 134 valence electrons. The average Bonchev–Trinajstić information content (AvgIpc) is 3.11. The van der Waals surface area contributed by atoms with E-state index in [0.29, 0.717) is 12.5 Å². The highest BCUT2D eigenvalue weighted by Crippen LogP contribution is 2.29. The van der Waals surface area contributed by atoms with Crippen LogP contribution >= 0.6 is 0 Å². The predicted molar refractivity (Wildman–Crippen MR) is 101 cm³/mol. The molecule has 25 heavy (non-hydrogen) atoms. The van der Waals surface area contributed by atoms with Crippen LogP contribution in [0.2, 0.25) is 0 Å².